The van der Waals surface area contributed by atoms with E-state index < -0.39 is 29.4 Å². The van der Waals surface area contributed by atoms with Crippen molar-refractivity contribution in [1.82, 2.24) is 4.90 Å². The third-order valence-corrected chi connectivity index (χ3v) is 12.3. The predicted octanol–water partition coefficient (Wildman–Crippen LogP) is 9.44. The summed E-state index contributed by atoms with van der Waals surface area (Å²) in [5, 5.41) is 24.8. The van der Waals surface area contributed by atoms with Gasteiger partial charge in [0.05, 0.1) is 24.1 Å². The molecule has 2 aliphatic heterocycles. The van der Waals surface area contributed by atoms with Crippen LogP contribution in [0, 0.1) is 23.6 Å². The molecule has 0 unspecified atom stereocenters. The molecule has 3 aromatic rings. The molecule has 63 heavy (non-hydrogen) atoms. The Kier molecular flexibility index (Phi) is 15.2. The average molecular weight is 891 g/mol. The van der Waals surface area contributed by atoms with E-state index >= 15 is 0 Å². The normalized spacial score (nSPS) is 23.8. The zero-order valence-corrected chi connectivity index (χ0v) is 37.2. The molecule has 1 fully saturated rings. The van der Waals surface area contributed by atoms with Gasteiger partial charge in [-0.05, 0) is 106 Å². The van der Waals surface area contributed by atoms with Crippen molar-refractivity contribution in [1.29, 1.82) is 0 Å². The third-order valence-electron chi connectivity index (χ3n) is 12.1. The number of unbranched alkanes of at least 4 members (excludes halogenated alkanes) is 2. The number of carbonyl (C=O) groups excluding carboxylic acids is 1. The first-order valence-corrected chi connectivity index (χ1v) is 22.5. The topological polar surface area (TPSA) is 138 Å². The van der Waals surface area contributed by atoms with Gasteiger partial charge in [-0.15, -0.1) is 18.2 Å². The van der Waals surface area contributed by atoms with Gasteiger partial charge in [-0.1, -0.05) is 54.4 Å². The Bertz CT molecular complexity index is 2130. The molecular weight excluding hydrogens is 831 g/mol. The molecule has 0 aromatic heterocycles. The summed E-state index contributed by atoms with van der Waals surface area (Å²) in [5.74, 6) is -0.406. The summed E-state index contributed by atoms with van der Waals surface area (Å²) in [5.41, 5.74) is 2.94. The number of nitrogens with zero attached hydrogens (tertiary/aromatic N) is 2. The van der Waals surface area contributed by atoms with Crippen LogP contribution < -0.4 is 18.9 Å². The molecular formula is C49H60ClFN2O10. The molecule has 2 heterocycles. The Labute approximate surface area is 374 Å². The van der Waals surface area contributed by atoms with Crippen LogP contribution in [0.1, 0.15) is 88.3 Å². The van der Waals surface area contributed by atoms with E-state index in [1.54, 1.807) is 35.2 Å². The van der Waals surface area contributed by atoms with E-state index in [2.05, 4.69) is 12.7 Å². The van der Waals surface area contributed by atoms with Crippen molar-refractivity contribution < 1.29 is 52.7 Å². The lowest BCUT2D eigenvalue weighted by molar-refractivity contribution is -0.256. The van der Waals surface area contributed by atoms with Crippen LogP contribution in [-0.2, 0) is 27.5 Å². The van der Waals surface area contributed by atoms with Gasteiger partial charge in [-0.3, -0.25) is 4.90 Å². The van der Waals surface area contributed by atoms with E-state index in [4.69, 9.17) is 50.0 Å². The van der Waals surface area contributed by atoms with Gasteiger partial charge < -0.3 is 43.5 Å². The highest BCUT2D eigenvalue weighted by Gasteiger charge is 2.66. The number of oxime groups is 1. The number of carbonyl (C=O) groups is 1. The first-order valence-electron chi connectivity index (χ1n) is 22.0. The number of alkyl halides is 1. The lowest BCUT2D eigenvalue weighted by Crippen LogP contribution is -2.70. The largest absolute Gasteiger partial charge is 0.489 e. The number of allylic oxidation sites excluding steroid dienone is 1. The summed E-state index contributed by atoms with van der Waals surface area (Å²) >= 11 is 6.11. The number of amides is 1. The Morgan fingerprint density at radius 1 is 1.02 bits per heavy atom. The van der Waals surface area contributed by atoms with Gasteiger partial charge in [0.1, 0.15) is 42.2 Å². The molecule has 0 saturated heterocycles. The molecule has 0 bridgehead atoms. The van der Waals surface area contributed by atoms with Gasteiger partial charge in [0.2, 0.25) is 12.6 Å². The first kappa shape index (κ1) is 46.2. The fraction of sp³-hybridized carbons (Fsp3) is 0.510. The number of halogens is 2. The quantitative estimate of drug-likeness (QED) is 0.0489. The Balaban J connectivity index is 1.44. The lowest BCUT2D eigenvalue weighted by atomic mass is 9.55. The molecule has 340 valence electrons. The van der Waals surface area contributed by atoms with Gasteiger partial charge >= 0.3 is 6.09 Å². The predicted molar refractivity (Wildman–Crippen MR) is 237 cm³/mol. The molecule has 7 rings (SSSR count). The number of fused-ring (bicyclic) bond motifs is 3. The van der Waals surface area contributed by atoms with Crippen LogP contribution in [-0.4, -0.2) is 83.4 Å². The standard InChI is InChI=1S/C49H60ClFN2O10/c1-5-23-61-49-44(53(47(56)57-24-20-50)29-32-16-18-42-43(25-32)60-31-59-42)28-40(52-63-48(2,3)4)37-26-33(12-8-10-21-54)36(14-9-11-22-55)45(46(37)49)38-27-35(17-19-41(38)62-49)58-30-34-13-6-7-15-39(34)51/h5-7,13,15-19,25-27,33,36,44-46,54-55H,1,8-12,14,20-24,28-31H2,2-4H3/t33-,36+,44-,45+,46+,49+/m0/s1. The highest BCUT2D eigenvalue weighted by molar-refractivity contribution is 6.18. The molecule has 3 aromatic carbocycles. The monoisotopic (exact) mass is 890 g/mol. The maximum absolute atomic E-state index is 14.8. The van der Waals surface area contributed by atoms with E-state index in [0.717, 1.165) is 42.4 Å². The number of aliphatic hydroxyl groups is 2. The van der Waals surface area contributed by atoms with Crippen LogP contribution in [0.5, 0.6) is 23.0 Å². The van der Waals surface area contributed by atoms with Gasteiger partial charge in [-0.2, -0.15) is 0 Å². The minimum absolute atomic E-state index is 0.0178. The number of benzene rings is 3. The van der Waals surface area contributed by atoms with Gasteiger partial charge in [0.15, 0.2) is 11.5 Å². The van der Waals surface area contributed by atoms with Crippen molar-refractivity contribution in [2.75, 3.05) is 39.1 Å². The Morgan fingerprint density at radius 3 is 2.52 bits per heavy atom. The van der Waals surface area contributed by atoms with E-state index in [1.807, 2.05) is 51.1 Å². The molecule has 4 aliphatic rings. The molecule has 2 aliphatic carbocycles. The summed E-state index contributed by atoms with van der Waals surface area (Å²) in [4.78, 5) is 22.5. The van der Waals surface area contributed by atoms with Gasteiger partial charge in [0.25, 0.3) is 0 Å². The van der Waals surface area contributed by atoms with Crippen LogP contribution in [0.25, 0.3) is 0 Å². The minimum Gasteiger partial charge on any atom is -0.489 e. The molecule has 14 heteroatoms. The average Bonchev–Trinajstić information content (AvgIpc) is 3.75. The van der Waals surface area contributed by atoms with Gasteiger partial charge in [-0.25, -0.2) is 9.18 Å². The summed E-state index contributed by atoms with van der Waals surface area (Å²) in [6, 6.07) is 16.9. The second-order valence-electron chi connectivity index (χ2n) is 17.5. The first-order chi connectivity index (χ1) is 30.5. The summed E-state index contributed by atoms with van der Waals surface area (Å²) in [6.45, 7) is 10.2. The van der Waals surface area contributed by atoms with Crippen LogP contribution in [0.2, 0.25) is 0 Å². The second-order valence-corrected chi connectivity index (χ2v) is 17.9. The summed E-state index contributed by atoms with van der Waals surface area (Å²) < 4.78 is 52.7. The van der Waals surface area contributed by atoms with E-state index in [-0.39, 0.29) is 82.2 Å². The lowest BCUT2D eigenvalue weighted by Gasteiger charge is -2.60. The smallest absolute Gasteiger partial charge is 0.410 e. The van der Waals surface area contributed by atoms with Crippen LogP contribution in [0.3, 0.4) is 0 Å². The van der Waals surface area contributed by atoms with Crippen molar-refractivity contribution in [3.8, 4) is 23.0 Å². The van der Waals surface area contributed by atoms with E-state index in [0.29, 0.717) is 47.1 Å². The zero-order valence-electron chi connectivity index (χ0n) is 36.4. The van der Waals surface area contributed by atoms with Crippen LogP contribution in [0.15, 0.2) is 90.1 Å². The van der Waals surface area contributed by atoms with Crippen molar-refractivity contribution in [3.05, 3.63) is 107 Å². The second kappa shape index (κ2) is 20.8. The Hall–Kier alpha value is -4.82. The van der Waals surface area contributed by atoms with Crippen molar-refractivity contribution in [2.45, 2.75) is 102 Å². The SMILES string of the molecule is C=CCO[C@@]12Oc3ccc(OCc4ccccc4F)cc3[C@H]3[C@H](CCCCO)[C@@H](CCCCO)C=C(C(=NOC(C)(C)C)C[C@@H]1N(Cc1ccc4c(c1)OCO4)C(=O)OCCCl)[C@H]32. The molecule has 2 N–H and O–H groups in total. The number of hydrogen-bond donors (Lipinski definition) is 2. The molecule has 1 amide bonds. The highest BCUT2D eigenvalue weighted by Crippen LogP contribution is 2.62. The number of rotatable bonds is 20. The van der Waals surface area contributed by atoms with Crippen molar-refractivity contribution in [2.24, 2.45) is 22.9 Å². The van der Waals surface area contributed by atoms with Crippen LogP contribution in [0.4, 0.5) is 9.18 Å². The fourth-order valence-electron chi connectivity index (χ4n) is 9.45. The van der Waals surface area contributed by atoms with Crippen molar-refractivity contribution >= 4 is 23.4 Å². The van der Waals surface area contributed by atoms with Crippen LogP contribution >= 0.6 is 11.6 Å². The van der Waals surface area contributed by atoms with E-state index in [1.165, 1.54) is 6.07 Å². The molecule has 0 spiro atoms. The number of ether oxygens (including phenoxy) is 6. The van der Waals surface area contributed by atoms with E-state index in [9.17, 15) is 19.4 Å². The molecule has 0 radical (unpaired) electrons. The number of hydrogen-bond acceptors (Lipinski definition) is 11. The molecule has 6 atom stereocenters. The number of aliphatic hydroxyl groups excluding tert-OH is 2. The fourth-order valence-corrected chi connectivity index (χ4v) is 9.53. The third kappa shape index (κ3) is 10.4. The van der Waals surface area contributed by atoms with Gasteiger partial charge in [0, 0.05) is 43.2 Å². The minimum atomic E-state index is -1.53. The summed E-state index contributed by atoms with van der Waals surface area (Å²) in [6.07, 6.45) is 7.84. The van der Waals surface area contributed by atoms with Crippen molar-refractivity contribution in [3.63, 3.8) is 0 Å². The maximum Gasteiger partial charge on any atom is 0.410 e. The maximum atomic E-state index is 14.8. The Morgan fingerprint density at radius 2 is 1.78 bits per heavy atom. The highest BCUT2D eigenvalue weighted by atomic mass is 35.5. The molecule has 1 saturated carbocycles. The molecule has 12 nitrogen and oxygen atoms in total. The summed E-state index contributed by atoms with van der Waals surface area (Å²) in [7, 11) is 0. The zero-order chi connectivity index (χ0) is 44.6.